The molecule has 0 unspecified atom stereocenters. The number of aryl methyl sites for hydroxylation is 2. The van der Waals surface area contributed by atoms with E-state index in [-0.39, 0.29) is 30.1 Å². The van der Waals surface area contributed by atoms with Gasteiger partial charge < -0.3 is 10.1 Å². The van der Waals surface area contributed by atoms with Gasteiger partial charge >= 0.3 is 5.97 Å². The Morgan fingerprint density at radius 1 is 1.17 bits per heavy atom. The Morgan fingerprint density at radius 3 is 2.39 bits per heavy atom. The van der Waals surface area contributed by atoms with Gasteiger partial charge in [-0.1, -0.05) is 33.3 Å². The van der Waals surface area contributed by atoms with Crippen molar-refractivity contribution in [3.8, 4) is 5.75 Å². The van der Waals surface area contributed by atoms with Crippen LogP contribution in [0.3, 0.4) is 0 Å². The fourth-order valence-corrected chi connectivity index (χ4v) is 3.14. The van der Waals surface area contributed by atoms with Gasteiger partial charge in [-0.2, -0.15) is 0 Å². The Labute approximate surface area is 139 Å². The minimum Gasteiger partial charge on any atom is -0.426 e. The summed E-state index contributed by atoms with van der Waals surface area (Å²) in [5, 5.41) is 2.51. The van der Waals surface area contributed by atoms with E-state index in [2.05, 4.69) is 39.1 Å². The molecule has 0 bridgehead atoms. The molecule has 128 valence electrons. The smallest absolute Gasteiger partial charge is 0.311 e. The molecule has 23 heavy (non-hydrogen) atoms. The molecule has 4 nitrogen and oxygen atoms in total. The molecule has 4 heteroatoms. The van der Waals surface area contributed by atoms with Gasteiger partial charge in [0.05, 0.1) is 6.42 Å². The normalized spacial score (nSPS) is 11.2. The number of carbonyl (C=O) groups is 2. The molecule has 0 aliphatic heterocycles. The lowest BCUT2D eigenvalue weighted by Gasteiger charge is -2.29. The number of hydrogen-bond acceptors (Lipinski definition) is 3. The van der Waals surface area contributed by atoms with E-state index in [0.29, 0.717) is 5.75 Å². The summed E-state index contributed by atoms with van der Waals surface area (Å²) in [6.07, 6.45) is 2.30. The van der Waals surface area contributed by atoms with Crippen molar-refractivity contribution in [1.29, 1.82) is 0 Å². The lowest BCUT2D eigenvalue weighted by atomic mass is 9.77. The Morgan fingerprint density at radius 2 is 1.83 bits per heavy atom. The van der Waals surface area contributed by atoms with E-state index < -0.39 is 0 Å². The standard InChI is InChI=1S/C19H29NO3/c1-7-10-19(4,5)18-14(3)11-13(2)12-15(18)23-17(22)9-8-16(21)20-6/h11-12H,7-10H2,1-6H3,(H,20,21). The highest BCUT2D eigenvalue weighted by molar-refractivity contribution is 5.82. The van der Waals surface area contributed by atoms with Crippen LogP contribution in [0, 0.1) is 13.8 Å². The third-order valence-corrected chi connectivity index (χ3v) is 4.05. The second kappa shape index (κ2) is 8.14. The molecule has 0 spiro atoms. The number of nitrogens with one attached hydrogen (secondary N) is 1. The monoisotopic (exact) mass is 319 g/mol. The summed E-state index contributed by atoms with van der Waals surface area (Å²) >= 11 is 0. The van der Waals surface area contributed by atoms with Crippen molar-refractivity contribution in [2.24, 2.45) is 0 Å². The van der Waals surface area contributed by atoms with Crippen molar-refractivity contribution in [2.75, 3.05) is 7.05 Å². The van der Waals surface area contributed by atoms with Crippen LogP contribution in [0.25, 0.3) is 0 Å². The molecule has 0 aromatic heterocycles. The van der Waals surface area contributed by atoms with Gasteiger partial charge in [0.15, 0.2) is 0 Å². The van der Waals surface area contributed by atoms with Gasteiger partial charge in [-0.25, -0.2) is 0 Å². The highest BCUT2D eigenvalue weighted by Crippen LogP contribution is 2.38. The predicted octanol–water partition coefficient (Wildman–Crippen LogP) is 3.81. The average Bonchev–Trinajstić information content (AvgIpc) is 2.43. The summed E-state index contributed by atoms with van der Waals surface area (Å²) < 4.78 is 5.62. The number of rotatable bonds is 7. The third kappa shape index (κ3) is 5.38. The molecule has 1 amide bonds. The first-order valence-electron chi connectivity index (χ1n) is 8.24. The topological polar surface area (TPSA) is 55.4 Å². The molecule has 1 aromatic rings. The lowest BCUT2D eigenvalue weighted by molar-refractivity contribution is -0.136. The fourth-order valence-electron chi connectivity index (χ4n) is 3.14. The molecule has 1 aromatic carbocycles. The third-order valence-electron chi connectivity index (χ3n) is 4.05. The van der Waals surface area contributed by atoms with Crippen molar-refractivity contribution >= 4 is 11.9 Å². The van der Waals surface area contributed by atoms with E-state index in [9.17, 15) is 9.59 Å². The average molecular weight is 319 g/mol. The first-order valence-corrected chi connectivity index (χ1v) is 8.24. The largest absolute Gasteiger partial charge is 0.426 e. The highest BCUT2D eigenvalue weighted by atomic mass is 16.5. The van der Waals surface area contributed by atoms with E-state index in [4.69, 9.17) is 4.74 Å². The summed E-state index contributed by atoms with van der Waals surface area (Å²) in [5.74, 6) is 0.101. The van der Waals surface area contributed by atoms with E-state index in [1.54, 1.807) is 7.05 Å². The van der Waals surface area contributed by atoms with Crippen LogP contribution in [0.5, 0.6) is 5.75 Å². The molecular formula is C19H29NO3. The van der Waals surface area contributed by atoms with E-state index >= 15 is 0 Å². The maximum Gasteiger partial charge on any atom is 0.311 e. The van der Waals surface area contributed by atoms with Crippen molar-refractivity contribution in [3.63, 3.8) is 0 Å². The maximum absolute atomic E-state index is 12.1. The zero-order valence-electron chi connectivity index (χ0n) is 15.2. The SMILES string of the molecule is CCCC(C)(C)c1c(C)cc(C)cc1OC(=O)CCC(=O)NC. The number of hydrogen-bond donors (Lipinski definition) is 1. The summed E-state index contributed by atoms with van der Waals surface area (Å²) in [5.41, 5.74) is 3.21. The molecule has 0 radical (unpaired) electrons. The molecule has 1 rings (SSSR count). The van der Waals surface area contributed by atoms with Gasteiger partial charge in [-0.05, 0) is 42.9 Å². The number of amides is 1. The summed E-state index contributed by atoms with van der Waals surface area (Å²) in [4.78, 5) is 23.4. The molecule has 1 N–H and O–H groups in total. The minimum absolute atomic E-state index is 0.0665. The van der Waals surface area contributed by atoms with Crippen LogP contribution in [0.1, 0.15) is 63.1 Å². The molecule has 0 saturated carbocycles. The van der Waals surface area contributed by atoms with Gasteiger partial charge in [0.25, 0.3) is 0 Å². The van der Waals surface area contributed by atoms with Crippen molar-refractivity contribution < 1.29 is 14.3 Å². The summed E-state index contributed by atoms with van der Waals surface area (Å²) in [7, 11) is 1.56. The summed E-state index contributed by atoms with van der Waals surface area (Å²) in [6, 6.07) is 4.03. The van der Waals surface area contributed by atoms with Crippen LogP contribution in [-0.2, 0) is 15.0 Å². The predicted molar refractivity (Wildman–Crippen MR) is 92.8 cm³/mol. The molecule has 0 aliphatic rings. The van der Waals surface area contributed by atoms with Crippen LogP contribution in [-0.4, -0.2) is 18.9 Å². The van der Waals surface area contributed by atoms with Crippen molar-refractivity contribution in [1.82, 2.24) is 5.32 Å². The number of carbonyl (C=O) groups excluding carboxylic acids is 2. The Hall–Kier alpha value is -1.84. The quantitative estimate of drug-likeness (QED) is 0.614. The number of ether oxygens (including phenoxy) is 1. The van der Waals surface area contributed by atoms with Gasteiger partial charge in [0.1, 0.15) is 5.75 Å². The minimum atomic E-state index is -0.368. The van der Waals surface area contributed by atoms with Crippen LogP contribution in [0.15, 0.2) is 12.1 Å². The van der Waals surface area contributed by atoms with Crippen LogP contribution >= 0.6 is 0 Å². The maximum atomic E-state index is 12.1. The van der Waals surface area contributed by atoms with E-state index in [0.717, 1.165) is 29.5 Å². The molecule has 0 atom stereocenters. The second-order valence-corrected chi connectivity index (χ2v) is 6.74. The zero-order valence-corrected chi connectivity index (χ0v) is 15.2. The number of esters is 1. The first kappa shape index (κ1) is 19.2. The van der Waals surface area contributed by atoms with Gasteiger partial charge in [0, 0.05) is 19.0 Å². The van der Waals surface area contributed by atoms with Crippen LogP contribution in [0.4, 0.5) is 0 Å². The molecule has 0 saturated heterocycles. The van der Waals surface area contributed by atoms with Crippen molar-refractivity contribution in [2.45, 2.75) is 65.7 Å². The van der Waals surface area contributed by atoms with E-state index in [1.165, 1.54) is 0 Å². The van der Waals surface area contributed by atoms with Crippen molar-refractivity contribution in [3.05, 3.63) is 28.8 Å². The Balaban J connectivity index is 3.05. The molecule has 0 fully saturated rings. The molecule has 0 aliphatic carbocycles. The second-order valence-electron chi connectivity index (χ2n) is 6.74. The molecular weight excluding hydrogens is 290 g/mol. The van der Waals surface area contributed by atoms with E-state index in [1.807, 2.05) is 13.0 Å². The van der Waals surface area contributed by atoms with Gasteiger partial charge in [-0.15, -0.1) is 0 Å². The van der Waals surface area contributed by atoms with Crippen LogP contribution in [0.2, 0.25) is 0 Å². The first-order chi connectivity index (χ1) is 10.7. The Bertz CT molecular complexity index is 576. The number of benzene rings is 1. The van der Waals surface area contributed by atoms with Gasteiger partial charge in [-0.3, -0.25) is 9.59 Å². The van der Waals surface area contributed by atoms with Crippen LogP contribution < -0.4 is 10.1 Å². The molecule has 0 heterocycles. The highest BCUT2D eigenvalue weighted by Gasteiger charge is 2.27. The van der Waals surface area contributed by atoms with Gasteiger partial charge in [0.2, 0.25) is 5.91 Å². The summed E-state index contributed by atoms with van der Waals surface area (Å²) in [6.45, 7) is 10.6. The Kier molecular flexibility index (Phi) is 6.79. The fraction of sp³-hybridized carbons (Fsp3) is 0.579. The lowest BCUT2D eigenvalue weighted by Crippen LogP contribution is -2.23. The zero-order chi connectivity index (χ0) is 17.6.